The summed E-state index contributed by atoms with van der Waals surface area (Å²) in [6, 6.07) is 0. The van der Waals surface area contributed by atoms with Gasteiger partial charge in [0, 0.05) is 25.5 Å². The van der Waals surface area contributed by atoms with E-state index in [4.69, 9.17) is 0 Å². The predicted molar refractivity (Wildman–Crippen MR) is 90.1 cm³/mol. The maximum absolute atomic E-state index is 12.6. The molecule has 0 N–H and O–H groups in total. The zero-order valence-electron chi connectivity index (χ0n) is 13.7. The Morgan fingerprint density at radius 2 is 1.96 bits per heavy atom. The first-order valence-electron chi connectivity index (χ1n) is 7.44. The molecular formula is C15H19N5O2S. The van der Waals surface area contributed by atoms with Gasteiger partial charge in [-0.2, -0.15) is 0 Å². The Hall–Kier alpha value is -2.22. The van der Waals surface area contributed by atoms with Crippen molar-refractivity contribution < 1.29 is 0 Å². The van der Waals surface area contributed by atoms with Crippen molar-refractivity contribution in [2.75, 3.05) is 0 Å². The van der Waals surface area contributed by atoms with E-state index in [0.29, 0.717) is 17.7 Å². The van der Waals surface area contributed by atoms with E-state index in [1.165, 1.54) is 14.0 Å². The van der Waals surface area contributed by atoms with Gasteiger partial charge in [-0.25, -0.2) is 14.8 Å². The second kappa shape index (κ2) is 5.77. The fourth-order valence-corrected chi connectivity index (χ4v) is 3.78. The van der Waals surface area contributed by atoms with Crippen LogP contribution in [-0.2, 0) is 27.1 Å². The minimum absolute atomic E-state index is 0.277. The van der Waals surface area contributed by atoms with Crippen molar-refractivity contribution in [2.24, 2.45) is 14.1 Å². The van der Waals surface area contributed by atoms with Crippen LogP contribution in [0.15, 0.2) is 15.9 Å². The number of nitrogens with zero attached hydrogens (tertiary/aromatic N) is 5. The van der Waals surface area contributed by atoms with Gasteiger partial charge in [-0.3, -0.25) is 13.9 Å². The molecule has 122 valence electrons. The molecular weight excluding hydrogens is 314 g/mol. The van der Waals surface area contributed by atoms with E-state index in [2.05, 4.69) is 9.97 Å². The molecule has 8 heteroatoms. The molecule has 0 aromatic carbocycles. The summed E-state index contributed by atoms with van der Waals surface area (Å²) in [7, 11) is 3.40. The van der Waals surface area contributed by atoms with Gasteiger partial charge in [0.1, 0.15) is 0 Å². The van der Waals surface area contributed by atoms with Gasteiger partial charge in [-0.05, 0) is 26.7 Å². The number of hydrogen-bond acceptors (Lipinski definition) is 5. The highest BCUT2D eigenvalue weighted by atomic mass is 32.1. The molecule has 7 nitrogen and oxygen atoms in total. The van der Waals surface area contributed by atoms with Gasteiger partial charge < -0.3 is 4.57 Å². The molecule has 0 saturated carbocycles. The quantitative estimate of drug-likeness (QED) is 0.717. The minimum atomic E-state index is -0.321. The van der Waals surface area contributed by atoms with Crippen LogP contribution in [0.1, 0.15) is 22.0 Å². The number of thiazole rings is 1. The van der Waals surface area contributed by atoms with Gasteiger partial charge in [-0.1, -0.05) is 0 Å². The van der Waals surface area contributed by atoms with Gasteiger partial charge >= 0.3 is 5.69 Å². The third-order valence-corrected chi connectivity index (χ3v) is 5.12. The van der Waals surface area contributed by atoms with Crippen molar-refractivity contribution >= 4 is 22.5 Å². The lowest BCUT2D eigenvalue weighted by Gasteiger charge is -2.08. The van der Waals surface area contributed by atoms with Crippen molar-refractivity contribution in [3.63, 3.8) is 0 Å². The third kappa shape index (κ3) is 2.63. The van der Waals surface area contributed by atoms with Crippen LogP contribution >= 0.6 is 11.3 Å². The SMILES string of the molecule is Cc1nc(C)c(CCCn2c(=O)c3c(ncn3C)n(C)c2=O)s1. The Bertz CT molecular complexity index is 992. The van der Waals surface area contributed by atoms with Crippen LogP contribution in [0.5, 0.6) is 0 Å². The Labute approximate surface area is 136 Å². The molecule has 0 atom stereocenters. The van der Waals surface area contributed by atoms with Gasteiger partial charge in [0.25, 0.3) is 5.56 Å². The zero-order chi connectivity index (χ0) is 16.7. The summed E-state index contributed by atoms with van der Waals surface area (Å²) < 4.78 is 4.39. The molecule has 0 spiro atoms. The first kappa shape index (κ1) is 15.7. The van der Waals surface area contributed by atoms with E-state index in [1.807, 2.05) is 13.8 Å². The van der Waals surface area contributed by atoms with Crippen molar-refractivity contribution in [2.45, 2.75) is 33.2 Å². The molecule has 3 aromatic heterocycles. The predicted octanol–water partition coefficient (Wildman–Crippen LogP) is 1.14. The largest absolute Gasteiger partial charge is 0.332 e. The monoisotopic (exact) mass is 333 g/mol. The number of rotatable bonds is 4. The van der Waals surface area contributed by atoms with E-state index in [1.54, 1.807) is 36.3 Å². The summed E-state index contributed by atoms with van der Waals surface area (Å²) >= 11 is 1.67. The minimum Gasteiger partial charge on any atom is -0.328 e. The highest BCUT2D eigenvalue weighted by Gasteiger charge is 2.14. The summed E-state index contributed by atoms with van der Waals surface area (Å²) in [5.74, 6) is 0. The second-order valence-electron chi connectivity index (χ2n) is 5.67. The average molecular weight is 333 g/mol. The van der Waals surface area contributed by atoms with Crippen LogP contribution in [-0.4, -0.2) is 23.7 Å². The van der Waals surface area contributed by atoms with Gasteiger partial charge in [0.15, 0.2) is 11.2 Å². The van der Waals surface area contributed by atoms with E-state index >= 15 is 0 Å². The van der Waals surface area contributed by atoms with Gasteiger partial charge in [0.2, 0.25) is 0 Å². The number of aryl methyl sites for hydroxylation is 5. The summed E-state index contributed by atoms with van der Waals surface area (Å²) in [6.07, 6.45) is 3.09. The van der Waals surface area contributed by atoms with Crippen LogP contribution in [0, 0.1) is 13.8 Å². The lowest BCUT2D eigenvalue weighted by molar-refractivity contribution is 0.572. The highest BCUT2D eigenvalue weighted by Crippen LogP contribution is 2.18. The maximum Gasteiger partial charge on any atom is 0.332 e. The fraction of sp³-hybridized carbons (Fsp3) is 0.467. The molecule has 0 saturated heterocycles. The lowest BCUT2D eigenvalue weighted by atomic mass is 10.2. The van der Waals surface area contributed by atoms with Gasteiger partial charge in [-0.15, -0.1) is 11.3 Å². The maximum atomic E-state index is 12.6. The Balaban J connectivity index is 1.91. The number of aromatic nitrogens is 5. The number of hydrogen-bond donors (Lipinski definition) is 0. The number of imidazole rings is 1. The average Bonchev–Trinajstić information content (AvgIpc) is 3.03. The summed E-state index contributed by atoms with van der Waals surface area (Å²) in [5.41, 5.74) is 1.32. The topological polar surface area (TPSA) is 74.7 Å². The Morgan fingerprint density at radius 1 is 1.22 bits per heavy atom. The first-order valence-corrected chi connectivity index (χ1v) is 8.25. The standard InChI is InChI=1S/C15H19N5O2S/c1-9-11(23-10(2)17-9)6-5-7-20-14(21)12-13(16-8-18(12)3)19(4)15(20)22/h8H,5-7H2,1-4H3. The van der Waals surface area contributed by atoms with Crippen LogP contribution in [0.4, 0.5) is 0 Å². The first-order chi connectivity index (χ1) is 10.9. The molecule has 3 rings (SSSR count). The van der Waals surface area contributed by atoms with E-state index < -0.39 is 0 Å². The van der Waals surface area contributed by atoms with Gasteiger partial charge in [0.05, 0.1) is 17.0 Å². The molecule has 0 radical (unpaired) electrons. The van der Waals surface area contributed by atoms with Crippen molar-refractivity contribution in [1.82, 2.24) is 23.7 Å². The summed E-state index contributed by atoms with van der Waals surface area (Å²) in [6.45, 7) is 4.37. The highest BCUT2D eigenvalue weighted by molar-refractivity contribution is 7.11. The van der Waals surface area contributed by atoms with Crippen LogP contribution < -0.4 is 11.2 Å². The zero-order valence-corrected chi connectivity index (χ0v) is 14.5. The normalized spacial score (nSPS) is 11.5. The Kier molecular flexibility index (Phi) is 3.93. The molecule has 23 heavy (non-hydrogen) atoms. The molecule has 3 heterocycles. The number of fused-ring (bicyclic) bond motifs is 1. The van der Waals surface area contributed by atoms with Crippen molar-refractivity contribution in [3.05, 3.63) is 42.7 Å². The van der Waals surface area contributed by atoms with Crippen LogP contribution in [0.2, 0.25) is 0 Å². The third-order valence-electron chi connectivity index (χ3n) is 3.99. The molecule has 0 aliphatic carbocycles. The molecule has 0 bridgehead atoms. The van der Waals surface area contributed by atoms with Crippen molar-refractivity contribution in [3.8, 4) is 0 Å². The van der Waals surface area contributed by atoms with E-state index in [9.17, 15) is 9.59 Å². The molecule has 3 aromatic rings. The molecule has 0 unspecified atom stereocenters. The van der Waals surface area contributed by atoms with E-state index in [0.717, 1.165) is 23.5 Å². The fourth-order valence-electron chi connectivity index (χ4n) is 2.80. The summed E-state index contributed by atoms with van der Waals surface area (Å²) in [4.78, 5) is 34.7. The molecule has 0 aliphatic heterocycles. The lowest BCUT2D eigenvalue weighted by Crippen LogP contribution is -2.39. The molecule has 0 amide bonds. The van der Waals surface area contributed by atoms with Crippen molar-refractivity contribution in [1.29, 1.82) is 0 Å². The summed E-state index contributed by atoms with van der Waals surface area (Å²) in [5, 5.41) is 1.04. The molecule has 0 aliphatic rings. The smallest absolute Gasteiger partial charge is 0.328 e. The molecule has 0 fully saturated rings. The van der Waals surface area contributed by atoms with E-state index in [-0.39, 0.29) is 11.2 Å². The second-order valence-corrected chi connectivity index (χ2v) is 6.96. The Morgan fingerprint density at radius 3 is 2.61 bits per heavy atom. The van der Waals surface area contributed by atoms with Crippen LogP contribution in [0.3, 0.4) is 0 Å². The van der Waals surface area contributed by atoms with Crippen LogP contribution in [0.25, 0.3) is 11.2 Å².